The van der Waals surface area contributed by atoms with Gasteiger partial charge in [-0.1, -0.05) is 18.2 Å². The second-order valence-corrected chi connectivity index (χ2v) is 6.38. The summed E-state index contributed by atoms with van der Waals surface area (Å²) in [7, 11) is 1.63. The number of pyridine rings is 1. The van der Waals surface area contributed by atoms with Crippen LogP contribution in [0.2, 0.25) is 0 Å². The second kappa shape index (κ2) is 9.36. The average molecular weight is 390 g/mol. The molecule has 0 unspecified atom stereocenters. The molecule has 0 fully saturated rings. The molecule has 148 valence electrons. The molecule has 7 heteroatoms. The summed E-state index contributed by atoms with van der Waals surface area (Å²) in [6, 6.07) is 16.4. The van der Waals surface area contributed by atoms with Gasteiger partial charge in [0.2, 0.25) is 5.91 Å². The van der Waals surface area contributed by atoms with E-state index < -0.39 is 0 Å². The minimum atomic E-state index is -0.287. The molecule has 29 heavy (non-hydrogen) atoms. The van der Waals surface area contributed by atoms with Crippen molar-refractivity contribution in [1.82, 2.24) is 4.98 Å². The highest BCUT2D eigenvalue weighted by Gasteiger charge is 2.08. The zero-order valence-electron chi connectivity index (χ0n) is 16.2. The molecule has 3 N–H and O–H groups in total. The van der Waals surface area contributed by atoms with Gasteiger partial charge in [-0.05, 0) is 42.0 Å². The van der Waals surface area contributed by atoms with Gasteiger partial charge in [0.05, 0.1) is 18.4 Å². The molecule has 2 amide bonds. The fraction of sp³-hybridized carbons (Fsp3) is 0.136. The van der Waals surface area contributed by atoms with Gasteiger partial charge in [0.15, 0.2) is 0 Å². The number of ether oxygens (including phenoxy) is 1. The lowest BCUT2D eigenvalue weighted by atomic mass is 10.2. The molecule has 0 saturated heterocycles. The summed E-state index contributed by atoms with van der Waals surface area (Å²) in [5, 5.41) is 8.76. The molecule has 0 radical (unpaired) electrons. The van der Waals surface area contributed by atoms with Crippen LogP contribution in [0.5, 0.6) is 5.75 Å². The standard InChI is InChI=1S/C22H22N4O3/c1-15(27)25-18-4-3-5-19(11-18)26-22(28)17-10-20(14-23-13-17)24-12-16-6-8-21(29-2)9-7-16/h3-11,13-14,24H,12H2,1-2H3,(H,25,27)(H,26,28). The first-order chi connectivity index (χ1) is 14.0. The molecule has 0 aliphatic heterocycles. The van der Waals surface area contributed by atoms with Crippen LogP contribution in [0.3, 0.4) is 0 Å². The highest BCUT2D eigenvalue weighted by atomic mass is 16.5. The smallest absolute Gasteiger partial charge is 0.257 e. The van der Waals surface area contributed by atoms with Crippen LogP contribution in [0.1, 0.15) is 22.8 Å². The van der Waals surface area contributed by atoms with E-state index in [1.54, 1.807) is 43.6 Å². The third-order valence-corrected chi connectivity index (χ3v) is 4.10. The van der Waals surface area contributed by atoms with E-state index in [2.05, 4.69) is 20.9 Å². The Morgan fingerprint density at radius 3 is 2.34 bits per heavy atom. The van der Waals surface area contributed by atoms with Crippen molar-refractivity contribution in [2.24, 2.45) is 0 Å². The maximum Gasteiger partial charge on any atom is 0.257 e. The molecule has 7 nitrogen and oxygen atoms in total. The molecular weight excluding hydrogens is 368 g/mol. The molecule has 2 aromatic carbocycles. The number of rotatable bonds is 7. The fourth-order valence-corrected chi connectivity index (χ4v) is 2.69. The monoisotopic (exact) mass is 390 g/mol. The van der Waals surface area contributed by atoms with E-state index >= 15 is 0 Å². The average Bonchev–Trinajstić information content (AvgIpc) is 2.72. The number of hydrogen-bond donors (Lipinski definition) is 3. The minimum Gasteiger partial charge on any atom is -0.497 e. The van der Waals surface area contributed by atoms with Crippen LogP contribution in [0, 0.1) is 0 Å². The number of nitrogens with one attached hydrogen (secondary N) is 3. The van der Waals surface area contributed by atoms with Gasteiger partial charge < -0.3 is 20.7 Å². The quantitative estimate of drug-likeness (QED) is 0.569. The highest BCUT2D eigenvalue weighted by Crippen LogP contribution is 2.18. The molecular formula is C22H22N4O3. The van der Waals surface area contributed by atoms with E-state index in [9.17, 15) is 9.59 Å². The van der Waals surface area contributed by atoms with E-state index in [1.165, 1.54) is 13.1 Å². The predicted octanol–water partition coefficient (Wildman–Crippen LogP) is 3.91. The van der Waals surface area contributed by atoms with Gasteiger partial charge in [-0.25, -0.2) is 0 Å². The second-order valence-electron chi connectivity index (χ2n) is 6.38. The maximum absolute atomic E-state index is 12.6. The molecule has 0 spiro atoms. The molecule has 1 aromatic heterocycles. The van der Waals surface area contributed by atoms with E-state index in [4.69, 9.17) is 4.74 Å². The van der Waals surface area contributed by atoms with E-state index in [-0.39, 0.29) is 11.8 Å². The first-order valence-electron chi connectivity index (χ1n) is 9.04. The third kappa shape index (κ3) is 5.80. The Balaban J connectivity index is 1.63. The van der Waals surface area contributed by atoms with Gasteiger partial charge in [-0.2, -0.15) is 0 Å². The lowest BCUT2D eigenvalue weighted by molar-refractivity contribution is -0.114. The molecule has 0 aliphatic carbocycles. The Bertz CT molecular complexity index is 1000. The van der Waals surface area contributed by atoms with Crippen LogP contribution in [-0.2, 0) is 11.3 Å². The molecule has 3 rings (SSSR count). The van der Waals surface area contributed by atoms with Crippen LogP contribution in [0.4, 0.5) is 17.1 Å². The molecule has 1 heterocycles. The summed E-state index contributed by atoms with van der Waals surface area (Å²) >= 11 is 0. The molecule has 0 bridgehead atoms. The van der Waals surface area contributed by atoms with Crippen molar-refractivity contribution in [1.29, 1.82) is 0 Å². The summed E-state index contributed by atoms with van der Waals surface area (Å²) < 4.78 is 5.15. The third-order valence-electron chi connectivity index (χ3n) is 4.10. The lowest BCUT2D eigenvalue weighted by Crippen LogP contribution is -2.13. The first kappa shape index (κ1) is 19.9. The van der Waals surface area contributed by atoms with E-state index in [0.29, 0.717) is 23.5 Å². The lowest BCUT2D eigenvalue weighted by Gasteiger charge is -2.10. The Kier molecular flexibility index (Phi) is 6.42. The zero-order chi connectivity index (χ0) is 20.6. The summed E-state index contributed by atoms with van der Waals surface area (Å²) in [4.78, 5) is 27.9. The van der Waals surface area contributed by atoms with Crippen LogP contribution in [0.25, 0.3) is 0 Å². The van der Waals surface area contributed by atoms with Crippen molar-refractivity contribution in [3.63, 3.8) is 0 Å². The van der Waals surface area contributed by atoms with Gasteiger partial charge >= 0.3 is 0 Å². The normalized spacial score (nSPS) is 10.1. The highest BCUT2D eigenvalue weighted by molar-refractivity contribution is 6.05. The number of carbonyl (C=O) groups excluding carboxylic acids is 2. The molecule has 3 aromatic rings. The Labute approximate surface area is 169 Å². The summed E-state index contributed by atoms with van der Waals surface area (Å²) in [5.41, 5.74) is 3.44. The summed E-state index contributed by atoms with van der Waals surface area (Å²) in [6.07, 6.45) is 3.17. The van der Waals surface area contributed by atoms with Crippen LogP contribution >= 0.6 is 0 Å². The number of anilines is 3. The summed E-state index contributed by atoms with van der Waals surface area (Å²) in [5.74, 6) is 0.343. The van der Waals surface area contributed by atoms with Gasteiger partial charge in [-0.3, -0.25) is 14.6 Å². The number of methoxy groups -OCH3 is 1. The number of aromatic nitrogens is 1. The van der Waals surface area contributed by atoms with Gasteiger partial charge in [0.1, 0.15) is 5.75 Å². The number of hydrogen-bond acceptors (Lipinski definition) is 5. The number of benzene rings is 2. The Hall–Kier alpha value is -3.87. The topological polar surface area (TPSA) is 92.3 Å². The fourth-order valence-electron chi connectivity index (χ4n) is 2.69. The predicted molar refractivity (Wildman–Crippen MR) is 113 cm³/mol. The largest absolute Gasteiger partial charge is 0.497 e. The van der Waals surface area contributed by atoms with Crippen molar-refractivity contribution in [3.05, 3.63) is 78.1 Å². The van der Waals surface area contributed by atoms with Gasteiger partial charge in [0, 0.05) is 37.2 Å². The van der Waals surface area contributed by atoms with E-state index in [1.807, 2.05) is 24.3 Å². The maximum atomic E-state index is 12.6. The van der Waals surface area contributed by atoms with Crippen LogP contribution in [-0.4, -0.2) is 23.9 Å². The van der Waals surface area contributed by atoms with Crippen molar-refractivity contribution in [2.45, 2.75) is 13.5 Å². The van der Waals surface area contributed by atoms with Crippen LogP contribution in [0.15, 0.2) is 67.0 Å². The number of carbonyl (C=O) groups is 2. The van der Waals surface area contributed by atoms with Gasteiger partial charge in [0.25, 0.3) is 5.91 Å². The summed E-state index contributed by atoms with van der Waals surface area (Å²) in [6.45, 7) is 2.02. The molecule has 0 saturated carbocycles. The minimum absolute atomic E-state index is 0.173. The zero-order valence-corrected chi connectivity index (χ0v) is 16.2. The van der Waals surface area contributed by atoms with Crippen molar-refractivity contribution < 1.29 is 14.3 Å². The van der Waals surface area contributed by atoms with Crippen molar-refractivity contribution >= 4 is 28.9 Å². The van der Waals surface area contributed by atoms with E-state index in [0.717, 1.165) is 17.0 Å². The van der Waals surface area contributed by atoms with Crippen molar-refractivity contribution in [2.75, 3.05) is 23.1 Å². The molecule has 0 aliphatic rings. The SMILES string of the molecule is COc1ccc(CNc2cncc(C(=O)Nc3cccc(NC(C)=O)c3)c2)cc1. The number of nitrogens with zero attached hydrogens (tertiary/aromatic N) is 1. The first-order valence-corrected chi connectivity index (χ1v) is 9.04. The Morgan fingerprint density at radius 2 is 1.66 bits per heavy atom. The van der Waals surface area contributed by atoms with Crippen molar-refractivity contribution in [3.8, 4) is 5.75 Å². The van der Waals surface area contributed by atoms with Crippen LogP contribution < -0.4 is 20.7 Å². The number of amides is 2. The molecule has 0 atom stereocenters. The Morgan fingerprint density at radius 1 is 0.931 bits per heavy atom. The van der Waals surface area contributed by atoms with Gasteiger partial charge in [-0.15, -0.1) is 0 Å².